The van der Waals surface area contributed by atoms with Crippen molar-refractivity contribution in [3.05, 3.63) is 27.7 Å². The second-order valence-electron chi connectivity index (χ2n) is 6.48. The van der Waals surface area contributed by atoms with Crippen LogP contribution >= 0.6 is 23.2 Å². The van der Waals surface area contributed by atoms with Gasteiger partial charge >= 0.3 is 0 Å². The summed E-state index contributed by atoms with van der Waals surface area (Å²) in [6.45, 7) is 0.873. The molecule has 1 aromatic carbocycles. The number of carbonyl (C=O) groups is 1. The van der Waals surface area contributed by atoms with Gasteiger partial charge in [0.25, 0.3) is 0 Å². The van der Waals surface area contributed by atoms with E-state index in [1.807, 2.05) is 0 Å². The Balaban J connectivity index is 1.71. The molecule has 5 heteroatoms. The van der Waals surface area contributed by atoms with Crippen molar-refractivity contribution in [3.63, 3.8) is 0 Å². The largest absolute Gasteiger partial charge is 0.399 e. The van der Waals surface area contributed by atoms with Crippen molar-refractivity contribution in [1.82, 2.24) is 4.90 Å². The topological polar surface area (TPSA) is 46.3 Å². The van der Waals surface area contributed by atoms with Crippen LogP contribution in [-0.2, 0) is 11.2 Å². The summed E-state index contributed by atoms with van der Waals surface area (Å²) >= 11 is 12.5. The first-order chi connectivity index (χ1) is 10.6. The average molecular weight is 341 g/mol. The lowest BCUT2D eigenvalue weighted by Crippen LogP contribution is -2.39. The number of anilines is 1. The molecule has 1 aromatic rings. The van der Waals surface area contributed by atoms with E-state index < -0.39 is 0 Å². The van der Waals surface area contributed by atoms with E-state index in [2.05, 4.69) is 4.90 Å². The molecule has 1 unspecified atom stereocenters. The van der Waals surface area contributed by atoms with Crippen molar-refractivity contribution in [2.45, 2.75) is 51.0 Å². The summed E-state index contributed by atoms with van der Waals surface area (Å²) in [5.74, 6) is 0.274. The van der Waals surface area contributed by atoms with Gasteiger partial charge in [-0.2, -0.15) is 0 Å². The maximum Gasteiger partial charge on any atom is 0.226 e. The van der Waals surface area contributed by atoms with Crippen molar-refractivity contribution >= 4 is 34.8 Å². The lowest BCUT2D eigenvalue weighted by molar-refractivity contribution is -0.133. The SMILES string of the molecule is Nc1cc(Cl)c(CC2CCN(C3CCCCC3)C2=O)c(Cl)c1. The molecule has 0 bridgehead atoms. The minimum absolute atomic E-state index is 0.000510. The summed E-state index contributed by atoms with van der Waals surface area (Å²) in [4.78, 5) is 14.8. The average Bonchev–Trinajstić information content (AvgIpc) is 2.85. The Morgan fingerprint density at radius 3 is 2.36 bits per heavy atom. The quantitative estimate of drug-likeness (QED) is 0.833. The Bertz CT molecular complexity index is 547. The first-order valence-corrected chi connectivity index (χ1v) is 8.85. The van der Waals surface area contributed by atoms with Gasteiger partial charge in [-0.3, -0.25) is 4.79 Å². The zero-order chi connectivity index (χ0) is 15.7. The Morgan fingerprint density at radius 2 is 1.73 bits per heavy atom. The van der Waals surface area contributed by atoms with E-state index in [1.165, 1.54) is 19.3 Å². The summed E-state index contributed by atoms with van der Waals surface area (Å²) < 4.78 is 0. The Hall–Kier alpha value is -0.930. The standard InChI is InChI=1S/C17H22Cl2N2O/c18-15-9-12(20)10-16(19)14(15)8-11-6-7-21(17(11)22)13-4-2-1-3-5-13/h9-11,13H,1-8,20H2. The van der Waals surface area contributed by atoms with Gasteiger partial charge in [-0.1, -0.05) is 42.5 Å². The van der Waals surface area contributed by atoms with E-state index in [1.54, 1.807) is 12.1 Å². The minimum atomic E-state index is 0.000510. The molecule has 3 rings (SSSR count). The molecule has 1 aliphatic carbocycles. The third-order valence-electron chi connectivity index (χ3n) is 4.98. The predicted octanol–water partition coefficient (Wildman–Crippen LogP) is 4.30. The second-order valence-corrected chi connectivity index (χ2v) is 7.29. The molecule has 1 saturated heterocycles. The summed E-state index contributed by atoms with van der Waals surface area (Å²) in [6.07, 6.45) is 7.61. The highest BCUT2D eigenvalue weighted by Gasteiger charge is 2.36. The number of nitrogens with two attached hydrogens (primary N) is 1. The van der Waals surface area contributed by atoms with Gasteiger partial charge in [-0.15, -0.1) is 0 Å². The van der Waals surface area contributed by atoms with E-state index in [0.717, 1.165) is 31.4 Å². The van der Waals surface area contributed by atoms with Gasteiger partial charge in [-0.05, 0) is 43.4 Å². The fourth-order valence-corrected chi connectivity index (χ4v) is 4.43. The molecule has 2 fully saturated rings. The smallest absolute Gasteiger partial charge is 0.226 e. The fraction of sp³-hybridized carbons (Fsp3) is 0.588. The Morgan fingerprint density at radius 1 is 1.09 bits per heavy atom. The van der Waals surface area contributed by atoms with Crippen LogP contribution in [0.3, 0.4) is 0 Å². The van der Waals surface area contributed by atoms with Gasteiger partial charge in [-0.25, -0.2) is 0 Å². The third-order valence-corrected chi connectivity index (χ3v) is 5.65. The van der Waals surface area contributed by atoms with E-state index in [0.29, 0.717) is 28.2 Å². The van der Waals surface area contributed by atoms with Crippen molar-refractivity contribution < 1.29 is 4.79 Å². The van der Waals surface area contributed by atoms with E-state index >= 15 is 0 Å². The van der Waals surface area contributed by atoms with Crippen molar-refractivity contribution in [3.8, 4) is 0 Å². The third kappa shape index (κ3) is 3.21. The zero-order valence-electron chi connectivity index (χ0n) is 12.7. The van der Waals surface area contributed by atoms with Crippen LogP contribution in [0.5, 0.6) is 0 Å². The highest BCUT2D eigenvalue weighted by molar-refractivity contribution is 6.36. The van der Waals surface area contributed by atoms with Crippen molar-refractivity contribution in [2.24, 2.45) is 5.92 Å². The first-order valence-electron chi connectivity index (χ1n) is 8.10. The van der Waals surface area contributed by atoms with Gasteiger partial charge in [0.05, 0.1) is 0 Å². The molecule has 1 heterocycles. The van der Waals surface area contributed by atoms with Gasteiger partial charge < -0.3 is 10.6 Å². The van der Waals surface area contributed by atoms with E-state index in [4.69, 9.17) is 28.9 Å². The normalized spacial score (nSPS) is 23.3. The molecule has 0 aromatic heterocycles. The van der Waals surface area contributed by atoms with Crippen LogP contribution in [0.25, 0.3) is 0 Å². The number of likely N-dealkylation sites (tertiary alicyclic amines) is 1. The summed E-state index contributed by atoms with van der Waals surface area (Å²) in [6, 6.07) is 3.87. The minimum Gasteiger partial charge on any atom is -0.399 e. The van der Waals surface area contributed by atoms with Gasteiger partial charge in [0, 0.05) is 34.2 Å². The number of hydrogen-bond donors (Lipinski definition) is 1. The number of hydrogen-bond acceptors (Lipinski definition) is 2. The number of benzene rings is 1. The Labute approximate surface area is 141 Å². The number of nitrogens with zero attached hydrogens (tertiary/aromatic N) is 1. The second kappa shape index (κ2) is 6.67. The van der Waals surface area contributed by atoms with E-state index in [-0.39, 0.29) is 11.8 Å². The molecule has 1 saturated carbocycles. The molecule has 2 N–H and O–H groups in total. The molecule has 120 valence electrons. The number of amides is 1. The number of halogens is 2. The molecule has 1 aliphatic heterocycles. The van der Waals surface area contributed by atoms with Crippen LogP contribution in [0.4, 0.5) is 5.69 Å². The molecule has 22 heavy (non-hydrogen) atoms. The Kier molecular flexibility index (Phi) is 4.84. The molecule has 1 amide bonds. The zero-order valence-corrected chi connectivity index (χ0v) is 14.2. The first kappa shape index (κ1) is 15.9. The number of carbonyl (C=O) groups excluding carboxylic acids is 1. The van der Waals surface area contributed by atoms with Gasteiger partial charge in [0.15, 0.2) is 0 Å². The van der Waals surface area contributed by atoms with Gasteiger partial charge in [0.2, 0.25) is 5.91 Å². The summed E-state index contributed by atoms with van der Waals surface area (Å²) in [5, 5.41) is 1.13. The van der Waals surface area contributed by atoms with Crippen LogP contribution in [0.2, 0.25) is 10.0 Å². The molecule has 0 radical (unpaired) electrons. The molecular weight excluding hydrogens is 319 g/mol. The number of rotatable bonds is 3. The molecule has 3 nitrogen and oxygen atoms in total. The molecule has 2 aliphatic rings. The highest BCUT2D eigenvalue weighted by Crippen LogP contribution is 2.34. The molecule has 0 spiro atoms. The lowest BCUT2D eigenvalue weighted by atomic mass is 9.94. The van der Waals surface area contributed by atoms with Crippen LogP contribution in [0.1, 0.15) is 44.1 Å². The van der Waals surface area contributed by atoms with Crippen molar-refractivity contribution in [2.75, 3.05) is 12.3 Å². The number of nitrogen functional groups attached to an aromatic ring is 1. The summed E-state index contributed by atoms with van der Waals surface area (Å²) in [7, 11) is 0. The predicted molar refractivity (Wildman–Crippen MR) is 91.3 cm³/mol. The summed E-state index contributed by atoms with van der Waals surface area (Å²) in [5.41, 5.74) is 7.14. The van der Waals surface area contributed by atoms with Crippen LogP contribution < -0.4 is 5.73 Å². The maximum atomic E-state index is 12.7. The van der Waals surface area contributed by atoms with E-state index in [9.17, 15) is 4.79 Å². The monoisotopic (exact) mass is 340 g/mol. The molecule has 1 atom stereocenters. The van der Waals surface area contributed by atoms with Crippen LogP contribution in [0.15, 0.2) is 12.1 Å². The van der Waals surface area contributed by atoms with Crippen LogP contribution in [0, 0.1) is 5.92 Å². The lowest BCUT2D eigenvalue weighted by Gasteiger charge is -2.31. The fourth-order valence-electron chi connectivity index (χ4n) is 3.77. The van der Waals surface area contributed by atoms with Crippen molar-refractivity contribution in [1.29, 1.82) is 0 Å². The highest BCUT2D eigenvalue weighted by atomic mass is 35.5. The van der Waals surface area contributed by atoms with Crippen LogP contribution in [-0.4, -0.2) is 23.4 Å². The maximum absolute atomic E-state index is 12.7. The molecular formula is C17H22Cl2N2O. The van der Waals surface area contributed by atoms with Gasteiger partial charge in [0.1, 0.15) is 0 Å².